The second kappa shape index (κ2) is 6.69. The molecule has 29 heavy (non-hydrogen) atoms. The highest BCUT2D eigenvalue weighted by Crippen LogP contribution is 2.74. The molecule has 0 amide bonds. The highest BCUT2D eigenvalue weighted by atomic mass is 16.6. The highest BCUT2D eigenvalue weighted by Gasteiger charge is 2.69. The third-order valence-electron chi connectivity index (χ3n) is 10.8. The van der Waals surface area contributed by atoms with E-state index in [0.717, 1.165) is 36.3 Å². The summed E-state index contributed by atoms with van der Waals surface area (Å²) < 4.78 is 0. The number of carbonyl (C=O) groups excluding carboxylic acids is 1. The molecular weight excluding hydrogens is 358 g/mol. The molecule has 0 aromatic heterocycles. The van der Waals surface area contributed by atoms with E-state index < -0.39 is 0 Å². The Kier molecular flexibility index (Phi) is 4.57. The fourth-order valence-electron chi connectivity index (χ4n) is 9.56. The standard InChI is InChI=1S/C26H39NO2/c1-17(28)26-12-6-5-7-19(26)16-23-21-9-8-18-15-20(27-29-4)10-13-24(18,2)22(21)11-14-25(23,26)3/h15,19,21-23H,5-14,16H2,1-4H3/b27-20-/t19-,21-,22+,23-,24-,25-,26+/m0/s1. The van der Waals surface area contributed by atoms with Crippen molar-refractivity contribution < 1.29 is 9.63 Å². The molecule has 3 nitrogen and oxygen atoms in total. The van der Waals surface area contributed by atoms with Crippen LogP contribution in [0, 0.1) is 39.9 Å². The molecule has 0 bridgehead atoms. The zero-order valence-electron chi connectivity index (χ0n) is 18.9. The molecular formula is C26H39NO2. The summed E-state index contributed by atoms with van der Waals surface area (Å²) >= 11 is 0. The SMILES string of the molecule is CO/N=C1\C=C2CC[C@H]3[C@@H](CC[C@@]4(C)[C@H]3C[C@@H]3CCCC[C@@]34C(C)=O)[C@@]2(C)CC1. The predicted octanol–water partition coefficient (Wildman–Crippen LogP) is 6.33. The van der Waals surface area contributed by atoms with Crippen molar-refractivity contribution in [1.29, 1.82) is 0 Å². The first-order valence-corrected chi connectivity index (χ1v) is 12.2. The second-order valence-corrected chi connectivity index (χ2v) is 11.4. The van der Waals surface area contributed by atoms with Crippen molar-refractivity contribution in [2.45, 2.75) is 91.4 Å². The summed E-state index contributed by atoms with van der Waals surface area (Å²) in [6, 6.07) is 0. The molecule has 0 aliphatic heterocycles. The van der Waals surface area contributed by atoms with Gasteiger partial charge in [-0.25, -0.2) is 0 Å². The molecule has 160 valence electrons. The van der Waals surface area contributed by atoms with Crippen LogP contribution in [-0.4, -0.2) is 18.6 Å². The molecule has 0 saturated heterocycles. The number of rotatable bonds is 2. The van der Waals surface area contributed by atoms with Crippen molar-refractivity contribution in [2.75, 3.05) is 7.11 Å². The van der Waals surface area contributed by atoms with Crippen LogP contribution in [0.15, 0.2) is 16.8 Å². The summed E-state index contributed by atoms with van der Waals surface area (Å²) in [7, 11) is 1.66. The van der Waals surface area contributed by atoms with Gasteiger partial charge in [0.2, 0.25) is 0 Å². The van der Waals surface area contributed by atoms with Gasteiger partial charge in [-0.1, -0.05) is 37.4 Å². The van der Waals surface area contributed by atoms with Gasteiger partial charge in [0.25, 0.3) is 0 Å². The minimum atomic E-state index is -0.0111. The summed E-state index contributed by atoms with van der Waals surface area (Å²) in [4.78, 5) is 18.2. The maximum atomic E-state index is 13.2. The first kappa shape index (κ1) is 19.8. The number of Topliss-reactive ketones (excluding diaryl/α,β-unsaturated/α-hetero) is 1. The number of allylic oxidation sites excluding steroid dienone is 2. The van der Waals surface area contributed by atoms with Gasteiger partial charge in [-0.05, 0) is 105 Å². The van der Waals surface area contributed by atoms with Gasteiger partial charge in [0.05, 0.1) is 5.71 Å². The van der Waals surface area contributed by atoms with Crippen LogP contribution in [-0.2, 0) is 9.63 Å². The zero-order chi connectivity index (χ0) is 20.4. The van der Waals surface area contributed by atoms with Crippen LogP contribution < -0.4 is 0 Å². The number of ketones is 1. The maximum Gasteiger partial charge on any atom is 0.136 e. The van der Waals surface area contributed by atoms with E-state index in [-0.39, 0.29) is 10.8 Å². The third-order valence-corrected chi connectivity index (χ3v) is 10.8. The summed E-state index contributed by atoms with van der Waals surface area (Å²) in [5, 5.41) is 4.25. The molecule has 5 aliphatic carbocycles. The number of hydrogen-bond acceptors (Lipinski definition) is 3. The van der Waals surface area contributed by atoms with Gasteiger partial charge in [-0.3, -0.25) is 4.79 Å². The Labute approximate surface area is 176 Å². The molecule has 0 spiro atoms. The van der Waals surface area contributed by atoms with Crippen molar-refractivity contribution in [1.82, 2.24) is 0 Å². The molecule has 5 rings (SSSR count). The molecule has 0 unspecified atom stereocenters. The Morgan fingerprint density at radius 1 is 1.07 bits per heavy atom. The van der Waals surface area contributed by atoms with Crippen molar-refractivity contribution >= 4 is 11.5 Å². The molecule has 0 radical (unpaired) electrons. The summed E-state index contributed by atoms with van der Waals surface area (Å²) in [6.07, 6.45) is 16.1. The van der Waals surface area contributed by atoms with Crippen LogP contribution in [0.5, 0.6) is 0 Å². The third kappa shape index (κ3) is 2.48. The van der Waals surface area contributed by atoms with Crippen molar-refractivity contribution in [3.63, 3.8) is 0 Å². The Bertz CT molecular complexity index is 769. The van der Waals surface area contributed by atoms with E-state index in [1.54, 1.807) is 12.7 Å². The number of oxime groups is 1. The normalized spacial score (nSPS) is 50.1. The molecule has 3 heteroatoms. The lowest BCUT2D eigenvalue weighted by molar-refractivity contribution is -0.147. The lowest BCUT2D eigenvalue weighted by Gasteiger charge is -2.60. The summed E-state index contributed by atoms with van der Waals surface area (Å²) in [5.74, 6) is 3.51. The van der Waals surface area contributed by atoms with Gasteiger partial charge >= 0.3 is 0 Å². The van der Waals surface area contributed by atoms with Gasteiger partial charge < -0.3 is 4.84 Å². The Balaban J connectivity index is 1.50. The van der Waals surface area contributed by atoms with E-state index in [1.165, 1.54) is 57.8 Å². The largest absolute Gasteiger partial charge is 0.399 e. The Morgan fingerprint density at radius 2 is 1.90 bits per heavy atom. The van der Waals surface area contributed by atoms with Crippen LogP contribution in [0.2, 0.25) is 0 Å². The molecule has 0 heterocycles. The molecule has 0 aromatic rings. The Morgan fingerprint density at radius 3 is 2.66 bits per heavy atom. The van der Waals surface area contributed by atoms with Crippen molar-refractivity contribution in [3.05, 3.63) is 11.6 Å². The van der Waals surface area contributed by atoms with Crippen molar-refractivity contribution in [3.8, 4) is 0 Å². The van der Waals surface area contributed by atoms with Crippen LogP contribution in [0.3, 0.4) is 0 Å². The number of fused-ring (bicyclic) bond motifs is 7. The molecule has 0 aromatic carbocycles. The van der Waals surface area contributed by atoms with Gasteiger partial charge in [-0.2, -0.15) is 0 Å². The minimum absolute atomic E-state index is 0.0111. The first-order chi connectivity index (χ1) is 13.9. The van der Waals surface area contributed by atoms with Crippen LogP contribution in [0.1, 0.15) is 91.4 Å². The number of carbonyl (C=O) groups is 1. The van der Waals surface area contributed by atoms with E-state index in [2.05, 4.69) is 25.1 Å². The molecule has 4 saturated carbocycles. The van der Waals surface area contributed by atoms with Gasteiger partial charge in [0.15, 0.2) is 0 Å². The molecule has 7 atom stereocenters. The van der Waals surface area contributed by atoms with E-state index in [0.29, 0.717) is 17.1 Å². The maximum absolute atomic E-state index is 13.2. The van der Waals surface area contributed by atoms with Gasteiger partial charge in [-0.15, -0.1) is 0 Å². The minimum Gasteiger partial charge on any atom is -0.399 e. The topological polar surface area (TPSA) is 38.7 Å². The lowest BCUT2D eigenvalue weighted by atomic mass is 9.44. The number of nitrogens with zero attached hydrogens (tertiary/aromatic N) is 1. The fourth-order valence-corrected chi connectivity index (χ4v) is 9.56. The predicted molar refractivity (Wildman–Crippen MR) is 117 cm³/mol. The second-order valence-electron chi connectivity index (χ2n) is 11.4. The van der Waals surface area contributed by atoms with E-state index in [1.807, 2.05) is 6.92 Å². The summed E-state index contributed by atoms with van der Waals surface area (Å²) in [6.45, 7) is 7.02. The van der Waals surface area contributed by atoms with Gasteiger partial charge in [0, 0.05) is 5.41 Å². The molecule has 4 fully saturated rings. The van der Waals surface area contributed by atoms with Crippen LogP contribution in [0.4, 0.5) is 0 Å². The van der Waals surface area contributed by atoms with Crippen LogP contribution in [0.25, 0.3) is 0 Å². The van der Waals surface area contributed by atoms with Crippen LogP contribution >= 0.6 is 0 Å². The van der Waals surface area contributed by atoms with Gasteiger partial charge in [0.1, 0.15) is 12.9 Å². The van der Waals surface area contributed by atoms with E-state index >= 15 is 0 Å². The molecule has 0 N–H and O–H groups in total. The lowest BCUT2D eigenvalue weighted by Crippen LogP contribution is -2.55. The first-order valence-electron chi connectivity index (χ1n) is 12.2. The van der Waals surface area contributed by atoms with E-state index in [4.69, 9.17) is 4.84 Å². The van der Waals surface area contributed by atoms with Crippen molar-refractivity contribution in [2.24, 2.45) is 45.1 Å². The molecule has 5 aliphatic rings. The number of hydrogen-bond donors (Lipinski definition) is 0. The highest BCUT2D eigenvalue weighted by molar-refractivity contribution is 5.96. The van der Waals surface area contributed by atoms with E-state index in [9.17, 15) is 4.79 Å². The zero-order valence-corrected chi connectivity index (χ0v) is 18.9. The Hall–Kier alpha value is -1.12. The average molecular weight is 398 g/mol. The smallest absolute Gasteiger partial charge is 0.136 e. The fraction of sp³-hybridized carbons (Fsp3) is 0.846. The monoisotopic (exact) mass is 397 g/mol. The average Bonchev–Trinajstić information content (AvgIpc) is 2.98. The quantitative estimate of drug-likeness (QED) is 0.511. The summed E-state index contributed by atoms with van der Waals surface area (Å²) in [5.41, 5.74) is 3.30.